The van der Waals surface area contributed by atoms with Gasteiger partial charge in [-0.05, 0) is 18.6 Å². The second kappa shape index (κ2) is 7.52. The minimum Gasteiger partial charge on any atom is -0.493 e. The minimum absolute atomic E-state index is 0.0119. The number of carbonyl (C=O) groups is 2. The highest BCUT2D eigenvalue weighted by Crippen LogP contribution is 2.39. The first-order valence-electron chi connectivity index (χ1n) is 7.75. The Balaban J connectivity index is 1.72. The number of hydrogen-bond acceptors (Lipinski definition) is 7. The monoisotopic (exact) mass is 362 g/mol. The molecule has 2 aromatic rings. The average molecular weight is 362 g/mol. The first kappa shape index (κ1) is 17.2. The van der Waals surface area contributed by atoms with E-state index >= 15 is 0 Å². The number of amides is 1. The molecule has 1 atom stereocenters. The Morgan fingerprint density at radius 3 is 2.88 bits per heavy atom. The number of carbonyl (C=O) groups excluding carboxylic acids is 2. The van der Waals surface area contributed by atoms with Gasteiger partial charge in [0.25, 0.3) is 0 Å². The van der Waals surface area contributed by atoms with Gasteiger partial charge in [0.05, 0.1) is 25.8 Å². The van der Waals surface area contributed by atoms with Gasteiger partial charge in [-0.2, -0.15) is 0 Å². The molecule has 0 saturated carbocycles. The van der Waals surface area contributed by atoms with E-state index in [1.807, 2.05) is 12.1 Å². The summed E-state index contributed by atoms with van der Waals surface area (Å²) in [7, 11) is 3.12. The topological polar surface area (TPSA) is 86.8 Å². The highest BCUT2D eigenvalue weighted by atomic mass is 32.1. The third kappa shape index (κ3) is 3.74. The van der Waals surface area contributed by atoms with Crippen LogP contribution in [0.1, 0.15) is 23.3 Å². The second-order valence-corrected chi connectivity index (χ2v) is 6.34. The maximum Gasteiger partial charge on any atom is 0.357 e. The van der Waals surface area contributed by atoms with Crippen LogP contribution in [0.2, 0.25) is 0 Å². The van der Waals surface area contributed by atoms with Crippen molar-refractivity contribution in [2.45, 2.75) is 18.9 Å². The second-order valence-electron chi connectivity index (χ2n) is 5.48. The van der Waals surface area contributed by atoms with Gasteiger partial charge in [-0.3, -0.25) is 4.79 Å². The number of benzene rings is 1. The van der Waals surface area contributed by atoms with E-state index in [4.69, 9.17) is 14.2 Å². The van der Waals surface area contributed by atoms with Crippen LogP contribution in [-0.4, -0.2) is 43.7 Å². The van der Waals surface area contributed by atoms with E-state index < -0.39 is 5.97 Å². The van der Waals surface area contributed by atoms with Gasteiger partial charge in [0.1, 0.15) is 11.6 Å². The third-order valence-electron chi connectivity index (χ3n) is 3.85. The normalized spacial score (nSPS) is 16.4. The summed E-state index contributed by atoms with van der Waals surface area (Å²) in [5.41, 5.74) is 0.975. The molecule has 3 rings (SSSR count). The van der Waals surface area contributed by atoms with Crippen LogP contribution in [0.25, 0.3) is 10.6 Å². The van der Waals surface area contributed by atoms with Gasteiger partial charge in [0.15, 0.2) is 17.2 Å². The molecule has 1 amide bonds. The molecule has 1 aliphatic heterocycles. The minimum atomic E-state index is -0.509. The molecule has 1 aliphatic rings. The Hall–Kier alpha value is -2.61. The molecule has 132 valence electrons. The van der Waals surface area contributed by atoms with Crippen molar-refractivity contribution in [2.75, 3.05) is 20.8 Å². The summed E-state index contributed by atoms with van der Waals surface area (Å²) < 4.78 is 15.9. The number of rotatable bonds is 6. The predicted octanol–water partition coefficient (Wildman–Crippen LogP) is 2.26. The maximum atomic E-state index is 12.2. The highest BCUT2D eigenvalue weighted by molar-refractivity contribution is 7.13. The molecule has 8 heteroatoms. The van der Waals surface area contributed by atoms with Crippen LogP contribution in [0.5, 0.6) is 11.5 Å². The van der Waals surface area contributed by atoms with E-state index in [2.05, 4.69) is 10.3 Å². The number of nitrogens with zero attached hydrogens (tertiary/aromatic N) is 1. The fourth-order valence-electron chi connectivity index (χ4n) is 2.60. The molecule has 1 aromatic carbocycles. The van der Waals surface area contributed by atoms with Crippen LogP contribution in [-0.2, 0) is 9.53 Å². The largest absolute Gasteiger partial charge is 0.493 e. The number of aromatic nitrogens is 1. The number of hydrogen-bond donors (Lipinski definition) is 1. The van der Waals surface area contributed by atoms with Crippen LogP contribution in [0.4, 0.5) is 0 Å². The summed E-state index contributed by atoms with van der Waals surface area (Å²) in [5.74, 6) is 0.636. The van der Waals surface area contributed by atoms with Crippen LogP contribution in [0.3, 0.4) is 0 Å². The van der Waals surface area contributed by atoms with Gasteiger partial charge in [-0.25, -0.2) is 9.78 Å². The van der Waals surface area contributed by atoms with E-state index in [9.17, 15) is 9.59 Å². The fraction of sp³-hybridized carbons (Fsp3) is 0.353. The first-order valence-corrected chi connectivity index (χ1v) is 8.63. The first-order chi connectivity index (χ1) is 12.1. The van der Waals surface area contributed by atoms with E-state index in [0.717, 1.165) is 5.56 Å². The van der Waals surface area contributed by atoms with Gasteiger partial charge in [-0.15, -0.1) is 11.3 Å². The van der Waals surface area contributed by atoms with Crippen molar-refractivity contribution in [3.05, 3.63) is 29.3 Å². The molecule has 0 radical (unpaired) electrons. The van der Waals surface area contributed by atoms with Crippen molar-refractivity contribution >= 4 is 23.2 Å². The molecule has 1 aromatic heterocycles. The molecule has 1 N–H and O–H groups in total. The summed E-state index contributed by atoms with van der Waals surface area (Å²) >= 11 is 1.32. The smallest absolute Gasteiger partial charge is 0.357 e. The zero-order valence-corrected chi connectivity index (χ0v) is 14.7. The van der Waals surface area contributed by atoms with E-state index in [1.54, 1.807) is 25.7 Å². The lowest BCUT2D eigenvalue weighted by Gasteiger charge is -2.10. The van der Waals surface area contributed by atoms with Crippen LogP contribution < -0.4 is 14.8 Å². The number of esters is 1. The molecular weight excluding hydrogens is 344 g/mol. The molecule has 0 bridgehead atoms. The van der Waals surface area contributed by atoms with E-state index in [1.165, 1.54) is 11.3 Å². The lowest BCUT2D eigenvalue weighted by molar-refractivity contribution is -0.119. The van der Waals surface area contributed by atoms with Gasteiger partial charge < -0.3 is 19.5 Å². The van der Waals surface area contributed by atoms with Gasteiger partial charge in [-0.1, -0.05) is 6.07 Å². The summed E-state index contributed by atoms with van der Waals surface area (Å²) in [6.07, 6.45) is 1.15. The highest BCUT2D eigenvalue weighted by Gasteiger charge is 2.23. The molecule has 25 heavy (non-hydrogen) atoms. The zero-order valence-electron chi connectivity index (χ0n) is 13.9. The standard InChI is InChI=1S/C17H18N2O5S/c1-22-13-5-3-4-11(15(13)23-2)16-19-12(9-25-16)17(21)24-8-10-6-7-14(20)18-10/h3-5,9-10H,6-8H2,1-2H3,(H,18,20). The summed E-state index contributed by atoms with van der Waals surface area (Å²) in [6, 6.07) is 5.36. The number of nitrogens with one attached hydrogen (secondary N) is 1. The summed E-state index contributed by atoms with van der Waals surface area (Å²) in [6.45, 7) is 0.153. The lowest BCUT2D eigenvalue weighted by atomic mass is 10.2. The number of para-hydroxylation sites is 1. The molecular formula is C17H18N2O5S. The predicted molar refractivity (Wildman–Crippen MR) is 92.1 cm³/mol. The summed E-state index contributed by atoms with van der Waals surface area (Å²) in [5, 5.41) is 5.03. The molecule has 2 heterocycles. The van der Waals surface area contributed by atoms with Gasteiger partial charge >= 0.3 is 5.97 Å². The van der Waals surface area contributed by atoms with Gasteiger partial charge in [0.2, 0.25) is 5.91 Å². The Bertz CT molecular complexity index is 789. The van der Waals surface area contributed by atoms with E-state index in [-0.39, 0.29) is 24.2 Å². The van der Waals surface area contributed by atoms with Crippen molar-refractivity contribution in [1.29, 1.82) is 0 Å². The van der Waals surface area contributed by atoms with Crippen LogP contribution in [0.15, 0.2) is 23.6 Å². The third-order valence-corrected chi connectivity index (χ3v) is 4.72. The molecule has 0 spiro atoms. The fourth-order valence-corrected chi connectivity index (χ4v) is 3.41. The molecule has 1 unspecified atom stereocenters. The van der Waals surface area contributed by atoms with Crippen LogP contribution in [0, 0.1) is 0 Å². The molecule has 1 fully saturated rings. The quantitative estimate of drug-likeness (QED) is 0.793. The summed E-state index contributed by atoms with van der Waals surface area (Å²) in [4.78, 5) is 27.7. The van der Waals surface area contributed by atoms with Crippen molar-refractivity contribution in [2.24, 2.45) is 0 Å². The van der Waals surface area contributed by atoms with E-state index in [0.29, 0.717) is 29.3 Å². The Kier molecular flexibility index (Phi) is 5.18. The Morgan fingerprint density at radius 2 is 2.20 bits per heavy atom. The van der Waals surface area contributed by atoms with Crippen molar-refractivity contribution in [1.82, 2.24) is 10.3 Å². The van der Waals surface area contributed by atoms with Gasteiger partial charge in [0, 0.05) is 11.8 Å². The average Bonchev–Trinajstić information content (AvgIpc) is 3.28. The Morgan fingerprint density at radius 1 is 1.36 bits per heavy atom. The SMILES string of the molecule is COc1cccc(-c2nc(C(=O)OCC3CCC(=O)N3)cs2)c1OC. The molecule has 0 aliphatic carbocycles. The van der Waals surface area contributed by atoms with Crippen molar-refractivity contribution in [3.8, 4) is 22.1 Å². The Labute approximate surface area is 148 Å². The molecule has 7 nitrogen and oxygen atoms in total. The zero-order chi connectivity index (χ0) is 17.8. The number of methoxy groups -OCH3 is 2. The lowest BCUT2D eigenvalue weighted by Crippen LogP contribution is -2.30. The molecule has 1 saturated heterocycles. The van der Waals surface area contributed by atoms with Crippen molar-refractivity contribution < 1.29 is 23.8 Å². The number of thiazole rings is 1. The van der Waals surface area contributed by atoms with Crippen molar-refractivity contribution in [3.63, 3.8) is 0 Å². The maximum absolute atomic E-state index is 12.2. The van der Waals surface area contributed by atoms with Crippen LogP contribution >= 0.6 is 11.3 Å². The number of ether oxygens (including phenoxy) is 3.